The molecule has 11 heteroatoms. The third-order valence-electron chi connectivity index (χ3n) is 4.46. The molecule has 1 aliphatic rings. The fourth-order valence-corrected chi connectivity index (χ4v) is 3.99. The highest BCUT2D eigenvalue weighted by atomic mass is 32.2. The van der Waals surface area contributed by atoms with Crippen LogP contribution in [0, 0.1) is 0 Å². The molecule has 2 N–H and O–H groups in total. The number of carbonyl (C=O) groups is 3. The van der Waals surface area contributed by atoms with Crippen molar-refractivity contribution in [2.24, 2.45) is 0 Å². The summed E-state index contributed by atoms with van der Waals surface area (Å²) in [6.07, 6.45) is 0.442. The molecule has 0 aliphatic carbocycles. The van der Waals surface area contributed by atoms with Crippen molar-refractivity contribution in [3.05, 3.63) is 30.1 Å². The molecule has 166 valence electrons. The number of hydrogen-bond donors (Lipinski definition) is 2. The fourth-order valence-electron chi connectivity index (χ4n) is 3.11. The Kier molecular flexibility index (Phi) is 7.50. The number of nitrogens with one attached hydrogen (secondary N) is 2. The van der Waals surface area contributed by atoms with Gasteiger partial charge in [0.1, 0.15) is 16.8 Å². The normalized spacial score (nSPS) is 16.9. The molecule has 3 rings (SSSR count). The lowest BCUT2D eigenvalue weighted by molar-refractivity contribution is -0.142. The molecule has 1 aromatic carbocycles. The average molecular weight is 448 g/mol. The maximum Gasteiger partial charge on any atom is 0.321 e. The van der Waals surface area contributed by atoms with Gasteiger partial charge in [-0.2, -0.15) is 0 Å². The van der Waals surface area contributed by atoms with Crippen LogP contribution in [0.3, 0.4) is 0 Å². The summed E-state index contributed by atoms with van der Waals surface area (Å²) in [4.78, 5) is 35.5. The van der Waals surface area contributed by atoms with E-state index in [9.17, 15) is 14.4 Å². The summed E-state index contributed by atoms with van der Waals surface area (Å²) >= 11 is 1.23. The van der Waals surface area contributed by atoms with Crippen molar-refractivity contribution >= 4 is 29.7 Å². The number of urea groups is 1. The van der Waals surface area contributed by atoms with Crippen molar-refractivity contribution in [2.75, 3.05) is 13.2 Å². The number of amides is 3. The Balaban J connectivity index is 1.91. The summed E-state index contributed by atoms with van der Waals surface area (Å²) < 4.78 is 12.4. The van der Waals surface area contributed by atoms with E-state index in [1.165, 1.54) is 11.8 Å². The van der Waals surface area contributed by atoms with Gasteiger partial charge in [0.05, 0.1) is 13.2 Å². The molecule has 2 unspecified atom stereocenters. The van der Waals surface area contributed by atoms with Crippen LogP contribution < -0.4 is 15.4 Å². The van der Waals surface area contributed by atoms with Crippen molar-refractivity contribution in [1.82, 2.24) is 25.4 Å². The van der Waals surface area contributed by atoms with Gasteiger partial charge in [-0.25, -0.2) is 4.79 Å². The summed E-state index contributed by atoms with van der Waals surface area (Å²) in [7, 11) is 0. The van der Waals surface area contributed by atoms with E-state index in [-0.39, 0.29) is 18.3 Å². The lowest BCUT2D eigenvalue weighted by Crippen LogP contribution is -2.53. The first-order valence-electron chi connectivity index (χ1n) is 10.0. The minimum atomic E-state index is -0.529. The van der Waals surface area contributed by atoms with Crippen LogP contribution in [0.1, 0.15) is 33.0 Å². The Morgan fingerprint density at radius 3 is 2.61 bits per heavy atom. The second kappa shape index (κ2) is 10.3. The number of benzene rings is 1. The van der Waals surface area contributed by atoms with Crippen LogP contribution in [0.4, 0.5) is 4.79 Å². The summed E-state index contributed by atoms with van der Waals surface area (Å²) in [6.45, 7) is 6.25. The molecule has 2 heterocycles. The molecule has 1 fully saturated rings. The molecule has 1 aliphatic heterocycles. The number of aromatic nitrogens is 3. The summed E-state index contributed by atoms with van der Waals surface area (Å²) in [5.41, 5.74) is 0.772. The maximum atomic E-state index is 12.1. The topological polar surface area (TPSA) is 124 Å². The lowest BCUT2D eigenvalue weighted by Gasteiger charge is -2.23. The van der Waals surface area contributed by atoms with Gasteiger partial charge in [-0.05, 0) is 45.0 Å². The zero-order valence-electron chi connectivity index (χ0n) is 17.6. The molecular weight excluding hydrogens is 422 g/mol. The first-order chi connectivity index (χ1) is 14.9. The Hall–Kier alpha value is -3.08. The highest BCUT2D eigenvalue weighted by molar-refractivity contribution is 8.00. The van der Waals surface area contributed by atoms with E-state index in [1.54, 1.807) is 13.8 Å². The van der Waals surface area contributed by atoms with E-state index in [4.69, 9.17) is 9.47 Å². The predicted molar refractivity (Wildman–Crippen MR) is 113 cm³/mol. The maximum absolute atomic E-state index is 12.1. The van der Waals surface area contributed by atoms with Gasteiger partial charge in [-0.15, -0.1) is 10.2 Å². The van der Waals surface area contributed by atoms with Gasteiger partial charge in [0, 0.05) is 24.6 Å². The van der Waals surface area contributed by atoms with Crippen LogP contribution in [0.25, 0.3) is 5.69 Å². The highest BCUT2D eigenvalue weighted by Gasteiger charge is 2.28. The van der Waals surface area contributed by atoms with Crippen LogP contribution in [-0.4, -0.2) is 57.2 Å². The number of hydrogen-bond acceptors (Lipinski definition) is 8. The molecule has 0 saturated carbocycles. The Morgan fingerprint density at radius 2 is 1.97 bits per heavy atom. The van der Waals surface area contributed by atoms with Crippen molar-refractivity contribution in [1.29, 1.82) is 0 Å². The second-order valence-corrected chi connectivity index (χ2v) is 8.11. The molecule has 10 nitrogen and oxygen atoms in total. The van der Waals surface area contributed by atoms with Crippen LogP contribution in [0.5, 0.6) is 5.75 Å². The molecule has 0 bridgehead atoms. The van der Waals surface area contributed by atoms with Crippen molar-refractivity contribution < 1.29 is 23.9 Å². The average Bonchev–Trinajstić information content (AvgIpc) is 3.10. The van der Waals surface area contributed by atoms with Gasteiger partial charge < -0.3 is 14.8 Å². The minimum absolute atomic E-state index is 0.142. The van der Waals surface area contributed by atoms with Crippen LogP contribution >= 0.6 is 11.8 Å². The Morgan fingerprint density at radius 1 is 1.23 bits per heavy atom. The van der Waals surface area contributed by atoms with E-state index in [1.807, 2.05) is 35.8 Å². The zero-order chi connectivity index (χ0) is 22.4. The monoisotopic (exact) mass is 447 g/mol. The number of nitrogens with zero attached hydrogens (tertiary/aromatic N) is 3. The standard InChI is InChI=1S/C20H25N5O5S/c1-4-29-15-8-6-14(7-9-15)25-16(10-13-11-17(26)22-19(28)21-13)23-24-20(25)31-12(3)18(27)30-5-2/h6-9,12-13H,4-5,10-11H2,1-3H3,(H2,21,22,26,28). The molecule has 1 aromatic heterocycles. The van der Waals surface area contributed by atoms with Crippen LogP contribution in [0.15, 0.2) is 29.4 Å². The lowest BCUT2D eigenvalue weighted by atomic mass is 10.1. The summed E-state index contributed by atoms with van der Waals surface area (Å²) in [6, 6.07) is 6.46. The number of rotatable bonds is 9. The second-order valence-electron chi connectivity index (χ2n) is 6.80. The van der Waals surface area contributed by atoms with E-state index in [0.717, 1.165) is 11.4 Å². The molecule has 1 saturated heterocycles. The smallest absolute Gasteiger partial charge is 0.321 e. The number of carbonyl (C=O) groups excluding carboxylic acids is 3. The van der Waals surface area contributed by atoms with Crippen molar-refractivity contribution in [3.63, 3.8) is 0 Å². The summed E-state index contributed by atoms with van der Waals surface area (Å²) in [5, 5.41) is 13.5. The number of thioether (sulfide) groups is 1. The quantitative estimate of drug-likeness (QED) is 0.441. The van der Waals surface area contributed by atoms with Crippen molar-refractivity contribution in [3.8, 4) is 11.4 Å². The predicted octanol–water partition coefficient (Wildman–Crippen LogP) is 1.85. The number of esters is 1. The van der Waals surface area contributed by atoms with Crippen molar-refractivity contribution in [2.45, 2.75) is 50.1 Å². The van der Waals surface area contributed by atoms with Gasteiger partial charge >= 0.3 is 12.0 Å². The molecule has 2 aromatic rings. The Bertz CT molecular complexity index is 930. The SMILES string of the molecule is CCOC(=O)C(C)Sc1nnc(CC2CC(=O)NC(=O)N2)n1-c1ccc(OCC)cc1. The third-order valence-corrected chi connectivity index (χ3v) is 5.48. The first-order valence-corrected chi connectivity index (χ1v) is 10.9. The molecular formula is C20H25N5O5S. The van der Waals surface area contributed by atoms with Gasteiger partial charge in [-0.3, -0.25) is 19.5 Å². The van der Waals surface area contributed by atoms with E-state index in [0.29, 0.717) is 30.6 Å². The third kappa shape index (κ3) is 5.75. The molecule has 0 spiro atoms. The molecule has 2 atom stereocenters. The zero-order valence-corrected chi connectivity index (χ0v) is 18.4. The van der Waals surface area contributed by atoms with Crippen LogP contribution in [-0.2, 0) is 20.7 Å². The first kappa shape index (κ1) is 22.6. The fraction of sp³-hybridized carbons (Fsp3) is 0.450. The summed E-state index contributed by atoms with van der Waals surface area (Å²) in [5.74, 6) is 0.604. The molecule has 0 radical (unpaired) electrons. The van der Waals surface area contributed by atoms with Gasteiger partial charge in [-0.1, -0.05) is 11.8 Å². The van der Waals surface area contributed by atoms with E-state index < -0.39 is 17.3 Å². The van der Waals surface area contributed by atoms with E-state index in [2.05, 4.69) is 20.8 Å². The van der Waals surface area contributed by atoms with Gasteiger partial charge in [0.25, 0.3) is 0 Å². The van der Waals surface area contributed by atoms with Crippen LogP contribution in [0.2, 0.25) is 0 Å². The number of imide groups is 1. The largest absolute Gasteiger partial charge is 0.494 e. The highest BCUT2D eigenvalue weighted by Crippen LogP contribution is 2.28. The Labute approximate surface area is 184 Å². The number of ether oxygens (including phenoxy) is 2. The molecule has 3 amide bonds. The van der Waals surface area contributed by atoms with Gasteiger partial charge in [0.2, 0.25) is 5.91 Å². The van der Waals surface area contributed by atoms with E-state index >= 15 is 0 Å². The van der Waals surface area contributed by atoms with Gasteiger partial charge in [0.15, 0.2) is 5.16 Å². The molecule has 31 heavy (non-hydrogen) atoms. The minimum Gasteiger partial charge on any atom is -0.494 e.